The molecule has 1 N–H and O–H groups in total. The second kappa shape index (κ2) is 4.12. The molecule has 0 radical (unpaired) electrons. The summed E-state index contributed by atoms with van der Waals surface area (Å²) < 4.78 is 51.3. The van der Waals surface area contributed by atoms with Gasteiger partial charge in [0.15, 0.2) is 0 Å². The Balaban J connectivity index is 2.84. The number of nitrogens with zero attached hydrogens (tertiary/aromatic N) is 1. The topological polar surface area (TPSA) is 24.9 Å². The van der Waals surface area contributed by atoms with Gasteiger partial charge in [-0.2, -0.15) is 13.2 Å². The number of hydrogen-bond acceptors (Lipinski definition) is 2. The molecule has 2 nitrogen and oxygen atoms in total. The van der Waals surface area contributed by atoms with Crippen molar-refractivity contribution < 1.29 is 17.6 Å². The van der Waals surface area contributed by atoms with Crippen molar-refractivity contribution in [2.75, 3.05) is 12.4 Å². The summed E-state index contributed by atoms with van der Waals surface area (Å²) in [5.74, 6) is -0.502. The van der Waals surface area contributed by atoms with Crippen LogP contribution < -0.4 is 5.32 Å². The van der Waals surface area contributed by atoms with Gasteiger partial charge in [0.25, 0.3) is 0 Å². The van der Waals surface area contributed by atoms with Gasteiger partial charge in [-0.15, -0.1) is 0 Å². The average Bonchev–Trinajstić information content (AvgIpc) is 2.26. The maximum Gasteiger partial charge on any atom is 0.433 e. The zero-order chi connectivity index (χ0) is 13.5. The number of anilines is 1. The van der Waals surface area contributed by atoms with E-state index in [4.69, 9.17) is 0 Å². The first-order valence-corrected chi connectivity index (χ1v) is 5.19. The van der Waals surface area contributed by atoms with E-state index in [-0.39, 0.29) is 11.2 Å². The molecule has 0 unspecified atom stereocenters. The molecule has 0 aliphatic carbocycles. The molecule has 0 aliphatic heterocycles. The number of aromatic nitrogens is 1. The molecule has 0 atom stereocenters. The van der Waals surface area contributed by atoms with Crippen molar-refractivity contribution in [3.63, 3.8) is 0 Å². The molecular weight excluding hydrogens is 248 g/mol. The molecule has 0 spiro atoms. The van der Waals surface area contributed by atoms with E-state index in [0.29, 0.717) is 10.9 Å². The molecule has 96 valence electrons. The summed E-state index contributed by atoms with van der Waals surface area (Å²) in [5, 5.41) is 2.97. The molecule has 2 aromatic rings. The van der Waals surface area contributed by atoms with Crippen LogP contribution in [0, 0.1) is 12.7 Å². The Labute approximate surface area is 101 Å². The fourth-order valence-corrected chi connectivity index (χ4v) is 1.81. The summed E-state index contributed by atoms with van der Waals surface area (Å²) in [6.45, 7) is 1.53. The number of aryl methyl sites for hydroxylation is 1. The van der Waals surface area contributed by atoms with Crippen molar-refractivity contribution in [1.82, 2.24) is 4.98 Å². The van der Waals surface area contributed by atoms with Gasteiger partial charge in [-0.1, -0.05) is 0 Å². The van der Waals surface area contributed by atoms with E-state index >= 15 is 0 Å². The van der Waals surface area contributed by atoms with Crippen LogP contribution in [0.2, 0.25) is 0 Å². The molecule has 0 aliphatic rings. The molecule has 6 heteroatoms. The highest BCUT2D eigenvalue weighted by Gasteiger charge is 2.33. The van der Waals surface area contributed by atoms with Gasteiger partial charge in [0.1, 0.15) is 11.5 Å². The molecule has 0 saturated heterocycles. The molecule has 0 saturated carbocycles. The molecule has 2 rings (SSSR count). The van der Waals surface area contributed by atoms with Crippen molar-refractivity contribution in [1.29, 1.82) is 0 Å². The minimum Gasteiger partial charge on any atom is -0.388 e. The fraction of sp³-hybridized carbons (Fsp3) is 0.250. The van der Waals surface area contributed by atoms with E-state index in [1.54, 1.807) is 0 Å². The summed E-state index contributed by atoms with van der Waals surface area (Å²) in [5.41, 5.74) is -0.271. The van der Waals surface area contributed by atoms with Crippen LogP contribution in [0.3, 0.4) is 0 Å². The summed E-state index contributed by atoms with van der Waals surface area (Å²) >= 11 is 0. The van der Waals surface area contributed by atoms with E-state index in [9.17, 15) is 17.6 Å². The van der Waals surface area contributed by atoms with Crippen LogP contribution >= 0.6 is 0 Å². The second-order valence-corrected chi connectivity index (χ2v) is 3.92. The monoisotopic (exact) mass is 258 g/mol. The zero-order valence-electron chi connectivity index (χ0n) is 9.69. The fourth-order valence-electron chi connectivity index (χ4n) is 1.81. The number of pyridine rings is 1. The predicted octanol–water partition coefficient (Wildman–Crippen LogP) is 3.74. The van der Waals surface area contributed by atoms with Crippen LogP contribution in [0.25, 0.3) is 10.9 Å². The molecular formula is C12H10F4N2. The average molecular weight is 258 g/mol. The molecule has 0 fully saturated rings. The minimum absolute atomic E-state index is 0.149. The third-order valence-corrected chi connectivity index (χ3v) is 2.63. The van der Waals surface area contributed by atoms with E-state index in [1.807, 2.05) is 0 Å². The van der Waals surface area contributed by atoms with Crippen LogP contribution in [0.1, 0.15) is 11.3 Å². The summed E-state index contributed by atoms with van der Waals surface area (Å²) in [6.07, 6.45) is -4.53. The lowest BCUT2D eigenvalue weighted by Gasteiger charge is -2.12. The van der Waals surface area contributed by atoms with Crippen molar-refractivity contribution >= 4 is 16.6 Å². The largest absolute Gasteiger partial charge is 0.433 e. The Morgan fingerprint density at radius 3 is 2.39 bits per heavy atom. The number of fused-ring (bicyclic) bond motifs is 1. The maximum absolute atomic E-state index is 13.3. The van der Waals surface area contributed by atoms with Crippen LogP contribution in [0.5, 0.6) is 0 Å². The van der Waals surface area contributed by atoms with E-state index in [0.717, 1.165) is 12.1 Å². The first kappa shape index (κ1) is 12.6. The Bertz CT molecular complexity index is 605. The number of benzene rings is 1. The van der Waals surface area contributed by atoms with E-state index < -0.39 is 17.7 Å². The van der Waals surface area contributed by atoms with Gasteiger partial charge in [0, 0.05) is 18.1 Å². The lowest BCUT2D eigenvalue weighted by Crippen LogP contribution is -2.09. The summed E-state index contributed by atoms with van der Waals surface area (Å²) in [7, 11) is 1.48. The van der Waals surface area contributed by atoms with Gasteiger partial charge in [0.2, 0.25) is 0 Å². The van der Waals surface area contributed by atoms with Crippen LogP contribution in [0.4, 0.5) is 23.2 Å². The smallest absolute Gasteiger partial charge is 0.388 e. The summed E-state index contributed by atoms with van der Waals surface area (Å²) in [4.78, 5) is 3.56. The Morgan fingerprint density at radius 2 is 1.83 bits per heavy atom. The van der Waals surface area contributed by atoms with E-state index in [1.165, 1.54) is 20.0 Å². The second-order valence-electron chi connectivity index (χ2n) is 3.92. The molecule has 0 amide bonds. The Hall–Kier alpha value is -1.85. The third kappa shape index (κ3) is 2.10. The number of alkyl halides is 3. The van der Waals surface area contributed by atoms with Gasteiger partial charge in [-0.25, -0.2) is 9.37 Å². The molecule has 1 aromatic carbocycles. The molecule has 1 heterocycles. The van der Waals surface area contributed by atoms with Crippen molar-refractivity contribution in [2.24, 2.45) is 0 Å². The minimum atomic E-state index is -4.53. The standard InChI is InChI=1S/C12H10F4N2/c1-6-3-7(13)4-8-9(17-2)5-10(12(14,15)16)18-11(6)8/h3-5H,1-2H3,(H,17,18). The SMILES string of the molecule is CNc1cc(C(F)(F)F)nc2c(C)cc(F)cc12. The molecule has 1 aromatic heterocycles. The maximum atomic E-state index is 13.3. The lowest BCUT2D eigenvalue weighted by molar-refractivity contribution is -0.140. The lowest BCUT2D eigenvalue weighted by atomic mass is 10.1. The van der Waals surface area contributed by atoms with Crippen molar-refractivity contribution in [3.8, 4) is 0 Å². The number of halogens is 4. The summed E-state index contributed by atoms with van der Waals surface area (Å²) in [6, 6.07) is 3.21. The zero-order valence-corrected chi connectivity index (χ0v) is 9.69. The first-order valence-electron chi connectivity index (χ1n) is 5.19. The van der Waals surface area contributed by atoms with E-state index in [2.05, 4.69) is 10.3 Å². The van der Waals surface area contributed by atoms with Gasteiger partial charge >= 0.3 is 6.18 Å². The highest BCUT2D eigenvalue weighted by atomic mass is 19.4. The highest BCUT2D eigenvalue weighted by molar-refractivity contribution is 5.93. The normalized spacial score (nSPS) is 11.9. The Morgan fingerprint density at radius 1 is 1.17 bits per heavy atom. The van der Waals surface area contributed by atoms with Gasteiger partial charge in [-0.3, -0.25) is 0 Å². The first-order chi connectivity index (χ1) is 8.32. The van der Waals surface area contributed by atoms with Crippen LogP contribution in [-0.2, 0) is 6.18 Å². The number of nitrogens with one attached hydrogen (secondary N) is 1. The number of rotatable bonds is 1. The van der Waals surface area contributed by atoms with Gasteiger partial charge < -0.3 is 5.32 Å². The highest BCUT2D eigenvalue weighted by Crippen LogP contribution is 2.34. The molecule has 0 bridgehead atoms. The van der Waals surface area contributed by atoms with Crippen molar-refractivity contribution in [3.05, 3.63) is 35.3 Å². The quantitative estimate of drug-likeness (QED) is 0.788. The third-order valence-electron chi connectivity index (χ3n) is 2.63. The van der Waals surface area contributed by atoms with Gasteiger partial charge in [0.05, 0.1) is 5.52 Å². The Kier molecular flexibility index (Phi) is 2.88. The molecule has 18 heavy (non-hydrogen) atoms. The van der Waals surface area contributed by atoms with Gasteiger partial charge in [-0.05, 0) is 30.7 Å². The number of hydrogen-bond donors (Lipinski definition) is 1. The van der Waals surface area contributed by atoms with Crippen LogP contribution in [0.15, 0.2) is 18.2 Å². The predicted molar refractivity (Wildman–Crippen MR) is 61.0 cm³/mol. The van der Waals surface area contributed by atoms with Crippen LogP contribution in [-0.4, -0.2) is 12.0 Å². The van der Waals surface area contributed by atoms with Crippen molar-refractivity contribution in [2.45, 2.75) is 13.1 Å².